The first-order valence-corrected chi connectivity index (χ1v) is 6.62. The van der Waals surface area contributed by atoms with Crippen LogP contribution < -0.4 is 10.9 Å². The number of carbonyl (C=O) groups is 1. The van der Waals surface area contributed by atoms with Gasteiger partial charge in [0.2, 0.25) is 5.91 Å². The summed E-state index contributed by atoms with van der Waals surface area (Å²) in [6.45, 7) is 0.107. The molecule has 2 aromatic rings. The molecule has 2 N–H and O–H groups in total. The number of carbonyl (C=O) groups excluding carboxylic acids is 1. The summed E-state index contributed by atoms with van der Waals surface area (Å²) in [5, 5.41) is 9.95. The summed E-state index contributed by atoms with van der Waals surface area (Å²) in [5.41, 5.74) is -0.302. The molecule has 8 heteroatoms. The number of aryl methyl sites for hydroxylation is 1. The monoisotopic (exact) mass is 318 g/mol. The lowest BCUT2D eigenvalue weighted by molar-refractivity contribution is -0.120. The van der Waals surface area contributed by atoms with Gasteiger partial charge in [-0.15, -0.1) is 16.6 Å². The molecular formula is C15H12F2N4O2. The van der Waals surface area contributed by atoms with E-state index in [2.05, 4.69) is 26.4 Å². The van der Waals surface area contributed by atoms with E-state index in [1.807, 2.05) is 0 Å². The number of nitrogens with one attached hydrogen (secondary N) is 2. The molecule has 1 amide bonds. The van der Waals surface area contributed by atoms with Crippen LogP contribution in [0.3, 0.4) is 0 Å². The van der Waals surface area contributed by atoms with E-state index in [9.17, 15) is 18.4 Å². The number of benzene rings is 1. The molecule has 0 saturated carbocycles. The Bertz CT molecular complexity index is 827. The summed E-state index contributed by atoms with van der Waals surface area (Å²) in [7, 11) is 0. The molecule has 0 saturated heterocycles. The second-order valence-corrected chi connectivity index (χ2v) is 4.56. The highest BCUT2D eigenvalue weighted by Gasteiger charge is 2.11. The van der Waals surface area contributed by atoms with Crippen LogP contribution in [-0.4, -0.2) is 27.6 Å². The predicted molar refractivity (Wildman–Crippen MR) is 78.2 cm³/mol. The van der Waals surface area contributed by atoms with Gasteiger partial charge in [0, 0.05) is 18.4 Å². The van der Waals surface area contributed by atoms with Gasteiger partial charge in [0.1, 0.15) is 5.69 Å². The summed E-state index contributed by atoms with van der Waals surface area (Å²) in [6.07, 6.45) is 5.12. The molecule has 0 spiro atoms. The van der Waals surface area contributed by atoms with Crippen LogP contribution in [0.25, 0.3) is 11.4 Å². The molecule has 118 valence electrons. The van der Waals surface area contributed by atoms with Crippen molar-refractivity contribution in [3.63, 3.8) is 0 Å². The van der Waals surface area contributed by atoms with E-state index in [4.69, 9.17) is 6.42 Å². The van der Waals surface area contributed by atoms with Crippen LogP contribution in [0, 0.1) is 24.0 Å². The largest absolute Gasteiger partial charge is 0.345 e. The second-order valence-electron chi connectivity index (χ2n) is 4.56. The number of terminal acetylenes is 1. The standard InChI is InChI=1S/C15H12F2N4O2/c1-2-7-18-13(22)6-5-12-15(23)19-14(21-20-12)9-3-4-10(16)11(17)8-9/h1,3-4,8H,5-7H2,(H,18,22)(H,19,21,23). The van der Waals surface area contributed by atoms with E-state index in [-0.39, 0.29) is 42.4 Å². The molecule has 0 bridgehead atoms. The van der Waals surface area contributed by atoms with E-state index in [1.54, 1.807) is 0 Å². The number of aromatic amines is 1. The third-order valence-electron chi connectivity index (χ3n) is 2.93. The Labute approximate surface area is 130 Å². The average Bonchev–Trinajstić information content (AvgIpc) is 2.54. The lowest BCUT2D eigenvalue weighted by Crippen LogP contribution is -2.25. The lowest BCUT2D eigenvalue weighted by Gasteiger charge is -2.03. The van der Waals surface area contributed by atoms with Crippen molar-refractivity contribution >= 4 is 5.91 Å². The van der Waals surface area contributed by atoms with Crippen molar-refractivity contribution in [1.29, 1.82) is 0 Å². The minimum Gasteiger partial charge on any atom is -0.345 e. The van der Waals surface area contributed by atoms with Gasteiger partial charge in [-0.3, -0.25) is 9.59 Å². The summed E-state index contributed by atoms with van der Waals surface area (Å²) < 4.78 is 26.1. The molecule has 0 atom stereocenters. The number of amides is 1. The fraction of sp³-hybridized carbons (Fsp3) is 0.200. The van der Waals surface area contributed by atoms with Crippen LogP contribution in [0.5, 0.6) is 0 Å². The van der Waals surface area contributed by atoms with E-state index in [0.29, 0.717) is 0 Å². The number of hydrogen-bond acceptors (Lipinski definition) is 4. The summed E-state index contributed by atoms with van der Waals surface area (Å²) in [4.78, 5) is 25.7. The molecule has 0 aliphatic rings. The van der Waals surface area contributed by atoms with E-state index < -0.39 is 17.2 Å². The van der Waals surface area contributed by atoms with E-state index >= 15 is 0 Å². The Hall–Kier alpha value is -3.08. The number of H-pyrrole nitrogens is 1. The zero-order valence-electron chi connectivity index (χ0n) is 11.9. The highest BCUT2D eigenvalue weighted by Crippen LogP contribution is 2.16. The maximum absolute atomic E-state index is 13.2. The van der Waals surface area contributed by atoms with Crippen LogP contribution in [-0.2, 0) is 11.2 Å². The van der Waals surface area contributed by atoms with Crippen molar-refractivity contribution in [3.05, 3.63) is 45.9 Å². The van der Waals surface area contributed by atoms with Crippen LogP contribution in [0.4, 0.5) is 8.78 Å². The van der Waals surface area contributed by atoms with E-state index in [1.165, 1.54) is 6.07 Å². The minimum atomic E-state index is -1.06. The zero-order chi connectivity index (χ0) is 16.8. The molecule has 0 unspecified atom stereocenters. The normalized spacial score (nSPS) is 10.1. The third-order valence-corrected chi connectivity index (χ3v) is 2.93. The van der Waals surface area contributed by atoms with Crippen molar-refractivity contribution < 1.29 is 13.6 Å². The summed E-state index contributed by atoms with van der Waals surface area (Å²) >= 11 is 0. The van der Waals surface area contributed by atoms with Gasteiger partial charge >= 0.3 is 0 Å². The molecule has 0 aliphatic carbocycles. The number of aromatic nitrogens is 3. The minimum absolute atomic E-state index is 0.00873. The molecule has 2 rings (SSSR count). The topological polar surface area (TPSA) is 87.7 Å². The van der Waals surface area contributed by atoms with Gasteiger partial charge in [-0.2, -0.15) is 0 Å². The van der Waals surface area contributed by atoms with Crippen LogP contribution in [0.2, 0.25) is 0 Å². The van der Waals surface area contributed by atoms with Gasteiger partial charge in [-0.05, 0) is 18.2 Å². The van der Waals surface area contributed by atoms with E-state index in [0.717, 1.165) is 12.1 Å². The predicted octanol–water partition coefficient (Wildman–Crippen LogP) is 0.792. The molecule has 0 fully saturated rings. The first-order valence-electron chi connectivity index (χ1n) is 6.62. The molecular weight excluding hydrogens is 306 g/mol. The summed E-state index contributed by atoms with van der Waals surface area (Å²) in [5.74, 6) is -0.103. The van der Waals surface area contributed by atoms with Gasteiger partial charge < -0.3 is 10.3 Å². The zero-order valence-corrected chi connectivity index (χ0v) is 11.9. The maximum atomic E-state index is 13.2. The SMILES string of the molecule is C#CCNC(=O)CCc1nnc(-c2ccc(F)c(F)c2)[nH]c1=O. The van der Waals surface area contributed by atoms with Crippen molar-refractivity contribution in [2.24, 2.45) is 0 Å². The Morgan fingerprint density at radius 3 is 2.74 bits per heavy atom. The van der Waals surface area contributed by atoms with Gasteiger partial charge in [-0.1, -0.05) is 5.92 Å². The average molecular weight is 318 g/mol. The highest BCUT2D eigenvalue weighted by atomic mass is 19.2. The van der Waals surface area contributed by atoms with Gasteiger partial charge in [0.15, 0.2) is 17.5 Å². The lowest BCUT2D eigenvalue weighted by atomic mass is 10.2. The maximum Gasteiger partial charge on any atom is 0.273 e. The van der Waals surface area contributed by atoms with Crippen molar-refractivity contribution in [3.8, 4) is 23.7 Å². The fourth-order valence-corrected chi connectivity index (χ4v) is 1.77. The third kappa shape index (κ3) is 4.20. The van der Waals surface area contributed by atoms with Crippen molar-refractivity contribution in [2.45, 2.75) is 12.8 Å². The van der Waals surface area contributed by atoms with Crippen molar-refractivity contribution in [1.82, 2.24) is 20.5 Å². The number of nitrogens with zero attached hydrogens (tertiary/aromatic N) is 2. The Balaban J connectivity index is 2.12. The molecule has 1 aromatic heterocycles. The van der Waals surface area contributed by atoms with Crippen molar-refractivity contribution in [2.75, 3.05) is 6.54 Å². The second kappa shape index (κ2) is 7.26. The highest BCUT2D eigenvalue weighted by molar-refractivity contribution is 5.76. The smallest absolute Gasteiger partial charge is 0.273 e. The quantitative estimate of drug-likeness (QED) is 0.798. The Morgan fingerprint density at radius 2 is 2.09 bits per heavy atom. The number of hydrogen-bond donors (Lipinski definition) is 2. The van der Waals surface area contributed by atoms with Crippen LogP contribution >= 0.6 is 0 Å². The molecule has 0 aliphatic heterocycles. The molecule has 1 heterocycles. The van der Waals surface area contributed by atoms with Gasteiger partial charge in [0.05, 0.1) is 6.54 Å². The fourth-order valence-electron chi connectivity index (χ4n) is 1.77. The molecule has 0 radical (unpaired) electrons. The molecule has 23 heavy (non-hydrogen) atoms. The first kappa shape index (κ1) is 16.3. The molecule has 1 aromatic carbocycles. The summed E-state index contributed by atoms with van der Waals surface area (Å²) in [6, 6.07) is 3.10. The van der Waals surface area contributed by atoms with Gasteiger partial charge in [0.25, 0.3) is 5.56 Å². The first-order chi connectivity index (χ1) is 11.0. The number of rotatable bonds is 5. The Kier molecular flexibility index (Phi) is 5.15. The Morgan fingerprint density at radius 1 is 1.30 bits per heavy atom. The van der Waals surface area contributed by atoms with Gasteiger partial charge in [-0.25, -0.2) is 8.78 Å². The molecule has 6 nitrogen and oxygen atoms in total. The van der Waals surface area contributed by atoms with Crippen LogP contribution in [0.15, 0.2) is 23.0 Å². The number of halogens is 2. The van der Waals surface area contributed by atoms with Crippen LogP contribution in [0.1, 0.15) is 12.1 Å².